The minimum absolute atomic E-state index is 0.204. The van der Waals surface area contributed by atoms with Gasteiger partial charge >= 0.3 is 0 Å². The van der Waals surface area contributed by atoms with Gasteiger partial charge in [-0.25, -0.2) is 0 Å². The monoisotopic (exact) mass is 264 g/mol. The predicted molar refractivity (Wildman–Crippen MR) is 66.2 cm³/mol. The number of aromatic amines is 2. The van der Waals surface area contributed by atoms with Crippen LogP contribution in [0.5, 0.6) is 0 Å². The van der Waals surface area contributed by atoms with Crippen LogP contribution in [0.2, 0.25) is 0 Å². The van der Waals surface area contributed by atoms with Crippen molar-refractivity contribution in [1.29, 1.82) is 0 Å². The Kier molecular flexibility index (Phi) is 2.10. The SMILES string of the molecule is O=c1[nH]c2ccc(S(=O)(=O)O)cc2c2cc[nH]c12. The second kappa shape index (κ2) is 3.44. The highest BCUT2D eigenvalue weighted by atomic mass is 32.2. The van der Waals surface area contributed by atoms with E-state index in [-0.39, 0.29) is 10.5 Å². The zero-order valence-electron chi connectivity index (χ0n) is 8.97. The maximum Gasteiger partial charge on any atom is 0.294 e. The van der Waals surface area contributed by atoms with Crippen molar-refractivity contribution in [3.05, 3.63) is 40.8 Å². The molecule has 7 heteroatoms. The summed E-state index contributed by atoms with van der Waals surface area (Å²) in [5.74, 6) is 0. The lowest BCUT2D eigenvalue weighted by molar-refractivity contribution is 0.483. The molecular formula is C11H8N2O4S. The molecule has 0 spiro atoms. The van der Waals surface area contributed by atoms with E-state index < -0.39 is 10.1 Å². The summed E-state index contributed by atoms with van der Waals surface area (Å²) in [6.07, 6.45) is 1.60. The number of rotatable bonds is 1. The van der Waals surface area contributed by atoms with Gasteiger partial charge in [0.25, 0.3) is 15.7 Å². The summed E-state index contributed by atoms with van der Waals surface area (Å²) in [5, 5.41) is 1.17. The fourth-order valence-corrected chi connectivity index (χ4v) is 2.49. The molecule has 0 amide bonds. The second-order valence-corrected chi connectivity index (χ2v) is 5.32. The maximum atomic E-state index is 11.7. The van der Waals surface area contributed by atoms with E-state index in [2.05, 4.69) is 9.97 Å². The third kappa shape index (κ3) is 1.52. The molecule has 0 bridgehead atoms. The van der Waals surface area contributed by atoms with E-state index in [0.717, 1.165) is 0 Å². The summed E-state index contributed by atoms with van der Waals surface area (Å²) in [5.41, 5.74) is 0.608. The molecule has 0 aliphatic rings. The van der Waals surface area contributed by atoms with Crippen LogP contribution in [0.4, 0.5) is 0 Å². The highest BCUT2D eigenvalue weighted by Gasteiger charge is 2.12. The van der Waals surface area contributed by atoms with Crippen molar-refractivity contribution < 1.29 is 13.0 Å². The molecule has 0 atom stereocenters. The molecule has 0 radical (unpaired) electrons. The summed E-state index contributed by atoms with van der Waals surface area (Å²) in [6, 6.07) is 5.70. The maximum absolute atomic E-state index is 11.7. The molecular weight excluding hydrogens is 256 g/mol. The van der Waals surface area contributed by atoms with E-state index in [1.165, 1.54) is 18.2 Å². The fourth-order valence-electron chi connectivity index (χ4n) is 1.98. The number of nitrogens with one attached hydrogen (secondary N) is 2. The quantitative estimate of drug-likeness (QED) is 0.575. The molecule has 6 nitrogen and oxygen atoms in total. The fraction of sp³-hybridized carbons (Fsp3) is 0. The van der Waals surface area contributed by atoms with E-state index in [1.807, 2.05) is 0 Å². The van der Waals surface area contributed by atoms with Gasteiger partial charge in [0.05, 0.1) is 4.90 Å². The van der Waals surface area contributed by atoms with Crippen molar-refractivity contribution in [3.8, 4) is 0 Å². The molecule has 0 fully saturated rings. The van der Waals surface area contributed by atoms with E-state index in [9.17, 15) is 13.2 Å². The van der Waals surface area contributed by atoms with Gasteiger partial charge in [0.15, 0.2) is 0 Å². The molecule has 3 N–H and O–H groups in total. The largest absolute Gasteiger partial charge is 0.357 e. The first-order valence-electron chi connectivity index (χ1n) is 5.07. The Morgan fingerprint density at radius 1 is 1.11 bits per heavy atom. The molecule has 2 aromatic heterocycles. The number of fused-ring (bicyclic) bond motifs is 3. The zero-order valence-corrected chi connectivity index (χ0v) is 9.78. The minimum Gasteiger partial charge on any atom is -0.357 e. The van der Waals surface area contributed by atoms with E-state index in [0.29, 0.717) is 21.8 Å². The van der Waals surface area contributed by atoms with Crippen LogP contribution in [0, 0.1) is 0 Å². The normalized spacial score (nSPS) is 12.3. The Morgan fingerprint density at radius 2 is 1.89 bits per heavy atom. The molecule has 0 saturated carbocycles. The van der Waals surface area contributed by atoms with Gasteiger partial charge in [-0.15, -0.1) is 0 Å². The van der Waals surface area contributed by atoms with Crippen LogP contribution in [-0.4, -0.2) is 22.9 Å². The molecule has 0 saturated heterocycles. The number of pyridine rings is 1. The average Bonchev–Trinajstić information content (AvgIpc) is 2.77. The highest BCUT2D eigenvalue weighted by molar-refractivity contribution is 7.85. The molecule has 3 rings (SSSR count). The van der Waals surface area contributed by atoms with Crippen molar-refractivity contribution in [1.82, 2.24) is 9.97 Å². The molecule has 1 aromatic carbocycles. The summed E-state index contributed by atoms with van der Waals surface area (Å²) in [6.45, 7) is 0. The van der Waals surface area contributed by atoms with Gasteiger partial charge < -0.3 is 9.97 Å². The Morgan fingerprint density at radius 3 is 2.61 bits per heavy atom. The van der Waals surface area contributed by atoms with Gasteiger partial charge in [0, 0.05) is 22.5 Å². The Labute approximate surface area is 101 Å². The van der Waals surface area contributed by atoms with Crippen LogP contribution in [-0.2, 0) is 10.1 Å². The zero-order chi connectivity index (χ0) is 12.9. The number of aromatic nitrogens is 2. The standard InChI is InChI=1S/C11H8N2O4S/c14-11-10-7(3-4-12-10)8-5-6(18(15,16)17)1-2-9(8)13-11/h1-5,12H,(H,13,14)(H,15,16,17). The van der Waals surface area contributed by atoms with Gasteiger partial charge in [-0.05, 0) is 24.3 Å². The van der Waals surface area contributed by atoms with Gasteiger partial charge in [0.2, 0.25) is 0 Å². The van der Waals surface area contributed by atoms with Gasteiger partial charge in [0.1, 0.15) is 5.52 Å². The molecule has 92 valence electrons. The molecule has 3 aromatic rings. The van der Waals surface area contributed by atoms with E-state index in [4.69, 9.17) is 4.55 Å². The third-order valence-corrected chi connectivity index (χ3v) is 3.65. The molecule has 18 heavy (non-hydrogen) atoms. The first kappa shape index (κ1) is 11.0. The first-order chi connectivity index (χ1) is 8.47. The smallest absolute Gasteiger partial charge is 0.294 e. The van der Waals surface area contributed by atoms with Gasteiger partial charge in [-0.1, -0.05) is 0 Å². The van der Waals surface area contributed by atoms with Crippen LogP contribution in [0.15, 0.2) is 40.2 Å². The lowest BCUT2D eigenvalue weighted by Crippen LogP contribution is -2.06. The predicted octanol–water partition coefficient (Wildman–Crippen LogP) is 1.26. The molecule has 0 unspecified atom stereocenters. The van der Waals surface area contributed by atoms with Crippen molar-refractivity contribution in [2.45, 2.75) is 4.90 Å². The summed E-state index contributed by atoms with van der Waals surface area (Å²) in [4.78, 5) is 16.9. The summed E-state index contributed by atoms with van der Waals surface area (Å²) in [7, 11) is -4.26. The van der Waals surface area contributed by atoms with Crippen molar-refractivity contribution in [2.75, 3.05) is 0 Å². The number of hydrogen-bond acceptors (Lipinski definition) is 3. The van der Waals surface area contributed by atoms with E-state index >= 15 is 0 Å². The molecule has 2 heterocycles. The van der Waals surface area contributed by atoms with Crippen molar-refractivity contribution in [2.24, 2.45) is 0 Å². The number of H-pyrrole nitrogens is 2. The Balaban J connectivity index is 2.54. The Bertz CT molecular complexity index is 921. The minimum atomic E-state index is -4.26. The third-order valence-electron chi connectivity index (χ3n) is 2.80. The Hall–Kier alpha value is -2.12. The average molecular weight is 264 g/mol. The number of benzene rings is 1. The summed E-state index contributed by atoms with van der Waals surface area (Å²) < 4.78 is 31.2. The molecule has 0 aliphatic heterocycles. The number of hydrogen-bond donors (Lipinski definition) is 3. The van der Waals surface area contributed by atoms with Crippen LogP contribution >= 0.6 is 0 Å². The highest BCUT2D eigenvalue weighted by Crippen LogP contribution is 2.23. The van der Waals surface area contributed by atoms with Crippen LogP contribution < -0.4 is 5.56 Å². The summed E-state index contributed by atoms with van der Waals surface area (Å²) >= 11 is 0. The second-order valence-electron chi connectivity index (χ2n) is 3.90. The van der Waals surface area contributed by atoms with Crippen molar-refractivity contribution in [3.63, 3.8) is 0 Å². The van der Waals surface area contributed by atoms with Gasteiger partial charge in [-0.3, -0.25) is 9.35 Å². The van der Waals surface area contributed by atoms with Gasteiger partial charge in [-0.2, -0.15) is 8.42 Å². The lowest BCUT2D eigenvalue weighted by atomic mass is 10.1. The lowest BCUT2D eigenvalue weighted by Gasteiger charge is -2.02. The van der Waals surface area contributed by atoms with Crippen LogP contribution in [0.3, 0.4) is 0 Å². The van der Waals surface area contributed by atoms with E-state index in [1.54, 1.807) is 12.3 Å². The topological polar surface area (TPSA) is 103 Å². The van der Waals surface area contributed by atoms with Crippen LogP contribution in [0.25, 0.3) is 21.8 Å². The van der Waals surface area contributed by atoms with Crippen molar-refractivity contribution >= 4 is 31.9 Å². The molecule has 0 aliphatic carbocycles. The first-order valence-corrected chi connectivity index (χ1v) is 6.51. The van der Waals surface area contributed by atoms with Crippen LogP contribution in [0.1, 0.15) is 0 Å².